The third-order valence-electron chi connectivity index (χ3n) is 3.85. The molecule has 0 fully saturated rings. The second-order valence-electron chi connectivity index (χ2n) is 5.53. The average molecular weight is 376 g/mol. The van der Waals surface area contributed by atoms with E-state index in [1.807, 2.05) is 12.1 Å². The van der Waals surface area contributed by atoms with E-state index < -0.39 is 17.8 Å². The predicted molar refractivity (Wildman–Crippen MR) is 101 cm³/mol. The Bertz CT molecular complexity index is 884. The lowest BCUT2D eigenvalue weighted by molar-refractivity contribution is -0.113. The number of amides is 1. The van der Waals surface area contributed by atoms with Crippen LogP contribution in [0.2, 0.25) is 5.02 Å². The molecule has 0 bridgehead atoms. The zero-order valence-corrected chi connectivity index (χ0v) is 14.8. The zero-order chi connectivity index (χ0) is 18.0. The molecule has 0 spiro atoms. The first-order valence-electron chi connectivity index (χ1n) is 7.56. The first-order valence-corrected chi connectivity index (χ1v) is 8.34. The molecule has 4 nitrogen and oxygen atoms in total. The molecule has 1 atom stereocenters. The molecule has 0 aliphatic carbocycles. The molecule has 3 N–H and O–H groups in total. The summed E-state index contributed by atoms with van der Waals surface area (Å²) in [5, 5.41) is 9.50. The summed E-state index contributed by atoms with van der Waals surface area (Å²) in [5.74, 6) is -0.939. The SMILES string of the molecule is CC1=C(C(=O)Nc2ccccc2F)[C@H](c2ccccc2Cl)NC(=S)N1. The molecular weight excluding hydrogens is 361 g/mol. The molecule has 3 rings (SSSR count). The standard InChI is InChI=1S/C18H15ClFN3OS/c1-10-15(17(24)22-14-9-5-4-8-13(14)20)16(23-18(25)21-10)11-6-2-3-7-12(11)19/h2-9,16H,1H3,(H,22,24)(H2,21,23,25)/t16-/m0/s1. The van der Waals surface area contributed by atoms with Crippen LogP contribution in [0.3, 0.4) is 0 Å². The average Bonchev–Trinajstić information content (AvgIpc) is 2.56. The summed E-state index contributed by atoms with van der Waals surface area (Å²) in [6.45, 7) is 1.74. The van der Waals surface area contributed by atoms with E-state index in [1.54, 1.807) is 31.2 Å². The number of hydrogen-bond donors (Lipinski definition) is 3. The van der Waals surface area contributed by atoms with Crippen LogP contribution in [0.5, 0.6) is 0 Å². The molecule has 0 aromatic heterocycles. The minimum atomic E-state index is -0.533. The van der Waals surface area contributed by atoms with Crippen LogP contribution in [0.1, 0.15) is 18.5 Å². The van der Waals surface area contributed by atoms with Crippen LogP contribution >= 0.6 is 23.8 Å². The number of rotatable bonds is 3. The van der Waals surface area contributed by atoms with Gasteiger partial charge in [-0.15, -0.1) is 0 Å². The maximum atomic E-state index is 13.9. The Morgan fingerprint density at radius 3 is 2.60 bits per heavy atom. The molecule has 0 saturated heterocycles. The number of hydrogen-bond acceptors (Lipinski definition) is 2. The van der Waals surface area contributed by atoms with Gasteiger partial charge in [-0.3, -0.25) is 4.79 Å². The van der Waals surface area contributed by atoms with Crippen molar-refractivity contribution in [1.82, 2.24) is 10.6 Å². The molecule has 0 saturated carbocycles. The minimum absolute atomic E-state index is 0.110. The van der Waals surface area contributed by atoms with Crippen LogP contribution in [0, 0.1) is 5.82 Å². The third-order valence-corrected chi connectivity index (χ3v) is 4.42. The second kappa shape index (κ2) is 7.21. The fraction of sp³-hybridized carbons (Fsp3) is 0.111. The van der Waals surface area contributed by atoms with Gasteiger partial charge in [0, 0.05) is 10.7 Å². The summed E-state index contributed by atoms with van der Waals surface area (Å²) in [6.07, 6.45) is 0. The number of thiocarbonyl (C=S) groups is 1. The Balaban J connectivity index is 1.99. The van der Waals surface area contributed by atoms with E-state index in [4.69, 9.17) is 23.8 Å². The number of halogens is 2. The second-order valence-corrected chi connectivity index (χ2v) is 6.34. The maximum Gasteiger partial charge on any atom is 0.255 e. The van der Waals surface area contributed by atoms with Gasteiger partial charge >= 0.3 is 0 Å². The van der Waals surface area contributed by atoms with E-state index in [-0.39, 0.29) is 5.69 Å². The Kier molecular flexibility index (Phi) is 5.01. The van der Waals surface area contributed by atoms with E-state index in [0.29, 0.717) is 27.0 Å². The predicted octanol–water partition coefficient (Wildman–Crippen LogP) is 3.91. The largest absolute Gasteiger partial charge is 0.351 e. The highest BCUT2D eigenvalue weighted by atomic mass is 35.5. The van der Waals surface area contributed by atoms with Crippen molar-refractivity contribution in [2.45, 2.75) is 13.0 Å². The van der Waals surface area contributed by atoms with Gasteiger partial charge in [0.1, 0.15) is 5.82 Å². The smallest absolute Gasteiger partial charge is 0.255 e. The highest BCUT2D eigenvalue weighted by molar-refractivity contribution is 7.80. The number of nitrogens with one attached hydrogen (secondary N) is 3. The van der Waals surface area contributed by atoms with Crippen LogP contribution in [0.4, 0.5) is 10.1 Å². The van der Waals surface area contributed by atoms with Crippen molar-refractivity contribution < 1.29 is 9.18 Å². The first kappa shape index (κ1) is 17.4. The molecule has 1 heterocycles. The van der Waals surface area contributed by atoms with Gasteiger partial charge in [-0.1, -0.05) is 41.9 Å². The number of carbonyl (C=O) groups excluding carboxylic acids is 1. The summed E-state index contributed by atoms with van der Waals surface area (Å²) in [6, 6.07) is 12.7. The van der Waals surface area contributed by atoms with Gasteiger partial charge in [0.25, 0.3) is 5.91 Å². The van der Waals surface area contributed by atoms with Crippen LogP contribution < -0.4 is 16.0 Å². The zero-order valence-electron chi connectivity index (χ0n) is 13.3. The molecule has 0 radical (unpaired) electrons. The van der Waals surface area contributed by atoms with Crippen molar-refractivity contribution in [1.29, 1.82) is 0 Å². The third kappa shape index (κ3) is 3.65. The Morgan fingerprint density at radius 1 is 1.20 bits per heavy atom. The van der Waals surface area contributed by atoms with E-state index in [1.165, 1.54) is 12.1 Å². The molecule has 128 valence electrons. The quantitative estimate of drug-likeness (QED) is 0.712. The Hall–Kier alpha value is -2.44. The summed E-state index contributed by atoms with van der Waals surface area (Å²) in [4.78, 5) is 12.8. The van der Waals surface area contributed by atoms with Crippen molar-refractivity contribution in [2.75, 3.05) is 5.32 Å². The van der Waals surface area contributed by atoms with Gasteiger partial charge in [-0.05, 0) is 42.9 Å². The van der Waals surface area contributed by atoms with E-state index in [2.05, 4.69) is 16.0 Å². The number of carbonyl (C=O) groups is 1. The fourth-order valence-electron chi connectivity index (χ4n) is 2.69. The molecule has 2 aromatic carbocycles. The van der Waals surface area contributed by atoms with Gasteiger partial charge in [-0.2, -0.15) is 0 Å². The maximum absolute atomic E-state index is 13.9. The number of allylic oxidation sites excluding steroid dienone is 1. The molecular formula is C18H15ClFN3OS. The molecule has 0 unspecified atom stereocenters. The fourth-order valence-corrected chi connectivity index (χ4v) is 3.21. The van der Waals surface area contributed by atoms with Gasteiger partial charge in [0.05, 0.1) is 17.3 Å². The molecule has 7 heteroatoms. The van der Waals surface area contributed by atoms with Crippen molar-refractivity contribution >= 4 is 40.5 Å². The van der Waals surface area contributed by atoms with Crippen LogP contribution in [-0.2, 0) is 4.79 Å². The van der Waals surface area contributed by atoms with Crippen molar-refractivity contribution in [2.24, 2.45) is 0 Å². The Labute approximate surface area is 155 Å². The van der Waals surface area contributed by atoms with Crippen LogP contribution in [-0.4, -0.2) is 11.0 Å². The van der Waals surface area contributed by atoms with Gasteiger partial charge in [0.15, 0.2) is 5.11 Å². The number of anilines is 1. The Morgan fingerprint density at radius 2 is 1.88 bits per heavy atom. The van der Waals surface area contributed by atoms with Crippen molar-refractivity contribution in [3.05, 3.63) is 76.2 Å². The van der Waals surface area contributed by atoms with Gasteiger partial charge in [0.2, 0.25) is 0 Å². The van der Waals surface area contributed by atoms with E-state index in [9.17, 15) is 9.18 Å². The van der Waals surface area contributed by atoms with Crippen molar-refractivity contribution in [3.63, 3.8) is 0 Å². The van der Waals surface area contributed by atoms with Gasteiger partial charge in [-0.25, -0.2) is 4.39 Å². The van der Waals surface area contributed by atoms with E-state index in [0.717, 1.165) is 0 Å². The van der Waals surface area contributed by atoms with Crippen LogP contribution in [0.25, 0.3) is 0 Å². The lowest BCUT2D eigenvalue weighted by atomic mass is 9.95. The monoisotopic (exact) mass is 375 g/mol. The number of benzene rings is 2. The summed E-state index contributed by atoms with van der Waals surface area (Å²) in [7, 11) is 0. The molecule has 1 aliphatic rings. The summed E-state index contributed by atoms with van der Waals surface area (Å²) < 4.78 is 13.9. The normalized spacial score (nSPS) is 16.9. The molecule has 1 amide bonds. The highest BCUT2D eigenvalue weighted by Gasteiger charge is 2.31. The minimum Gasteiger partial charge on any atom is -0.351 e. The lowest BCUT2D eigenvalue weighted by Gasteiger charge is -2.30. The summed E-state index contributed by atoms with van der Waals surface area (Å²) >= 11 is 11.5. The van der Waals surface area contributed by atoms with Gasteiger partial charge < -0.3 is 16.0 Å². The number of para-hydroxylation sites is 1. The first-order chi connectivity index (χ1) is 12.0. The van der Waals surface area contributed by atoms with Crippen molar-refractivity contribution in [3.8, 4) is 0 Å². The molecule has 25 heavy (non-hydrogen) atoms. The van der Waals surface area contributed by atoms with Crippen LogP contribution in [0.15, 0.2) is 59.8 Å². The molecule has 2 aromatic rings. The lowest BCUT2D eigenvalue weighted by Crippen LogP contribution is -2.45. The molecule has 1 aliphatic heterocycles. The van der Waals surface area contributed by atoms with E-state index >= 15 is 0 Å². The summed E-state index contributed by atoms with van der Waals surface area (Å²) in [5.41, 5.74) is 1.80. The topological polar surface area (TPSA) is 53.2 Å². The highest BCUT2D eigenvalue weighted by Crippen LogP contribution is 2.32.